The van der Waals surface area contributed by atoms with Crippen LogP contribution in [0.4, 0.5) is 0 Å². The van der Waals surface area contributed by atoms with Crippen LogP contribution in [0.25, 0.3) is 0 Å². The number of piperidine rings is 1. The largest absolute Gasteiger partial charge is 0.341 e. The normalized spacial score (nSPS) is 19.4. The Kier molecular flexibility index (Phi) is 4.04. The third-order valence-corrected chi connectivity index (χ3v) is 5.01. The minimum atomic E-state index is 0.0229. The van der Waals surface area contributed by atoms with E-state index in [1.54, 1.807) is 23.9 Å². The van der Waals surface area contributed by atoms with E-state index < -0.39 is 0 Å². The Morgan fingerprint density at radius 2 is 2.23 bits per heavy atom. The number of H-pyrrole nitrogens is 1. The van der Waals surface area contributed by atoms with Crippen molar-refractivity contribution in [2.45, 2.75) is 51.5 Å². The van der Waals surface area contributed by atoms with Crippen molar-refractivity contribution >= 4 is 17.2 Å². The van der Waals surface area contributed by atoms with Gasteiger partial charge in [0.25, 0.3) is 5.91 Å². The fourth-order valence-corrected chi connectivity index (χ4v) is 3.94. The lowest BCUT2D eigenvalue weighted by atomic mass is 9.93. The Hall–Kier alpha value is -1.69. The molecular formula is C16H22N4OS. The number of hydrogen-bond donors (Lipinski definition) is 1. The van der Waals surface area contributed by atoms with Crippen LogP contribution < -0.4 is 0 Å². The zero-order valence-corrected chi connectivity index (χ0v) is 14.1. The van der Waals surface area contributed by atoms with Gasteiger partial charge in [0.1, 0.15) is 10.7 Å². The van der Waals surface area contributed by atoms with Gasteiger partial charge in [0, 0.05) is 17.3 Å². The van der Waals surface area contributed by atoms with Crippen LogP contribution in [-0.4, -0.2) is 32.3 Å². The SMILES string of the molecule is CC(C)(C)c1csc([C@H]2CCCCN2C(=O)c2cnc[nH]2)n1. The summed E-state index contributed by atoms with van der Waals surface area (Å²) in [5, 5.41) is 3.18. The Balaban J connectivity index is 1.87. The van der Waals surface area contributed by atoms with Gasteiger partial charge in [-0.1, -0.05) is 20.8 Å². The van der Waals surface area contributed by atoms with E-state index in [-0.39, 0.29) is 17.4 Å². The van der Waals surface area contributed by atoms with Gasteiger partial charge in [0.2, 0.25) is 0 Å². The summed E-state index contributed by atoms with van der Waals surface area (Å²) in [6.45, 7) is 7.29. The fourth-order valence-electron chi connectivity index (χ4n) is 2.74. The van der Waals surface area contributed by atoms with Crippen LogP contribution in [-0.2, 0) is 5.41 Å². The quantitative estimate of drug-likeness (QED) is 0.921. The van der Waals surface area contributed by atoms with Gasteiger partial charge in [-0.05, 0) is 19.3 Å². The highest BCUT2D eigenvalue weighted by Crippen LogP contribution is 2.35. The molecule has 0 saturated carbocycles. The number of carbonyl (C=O) groups excluding carboxylic acids is 1. The minimum absolute atomic E-state index is 0.0229. The molecule has 2 aromatic rings. The molecule has 1 atom stereocenters. The van der Waals surface area contributed by atoms with E-state index in [4.69, 9.17) is 4.98 Å². The summed E-state index contributed by atoms with van der Waals surface area (Å²) >= 11 is 1.67. The summed E-state index contributed by atoms with van der Waals surface area (Å²) in [5.41, 5.74) is 1.70. The molecule has 3 heterocycles. The predicted molar refractivity (Wildman–Crippen MR) is 87.0 cm³/mol. The van der Waals surface area contributed by atoms with Gasteiger partial charge in [0.05, 0.1) is 24.3 Å². The summed E-state index contributed by atoms with van der Waals surface area (Å²) in [6.07, 6.45) is 6.32. The molecule has 1 aliphatic heterocycles. The van der Waals surface area contributed by atoms with Crippen molar-refractivity contribution < 1.29 is 4.79 Å². The lowest BCUT2D eigenvalue weighted by Gasteiger charge is -2.34. The van der Waals surface area contributed by atoms with E-state index in [0.29, 0.717) is 5.69 Å². The number of carbonyl (C=O) groups is 1. The highest BCUT2D eigenvalue weighted by atomic mass is 32.1. The highest BCUT2D eigenvalue weighted by molar-refractivity contribution is 7.09. The second-order valence-electron chi connectivity index (χ2n) is 6.80. The third-order valence-electron chi connectivity index (χ3n) is 4.07. The van der Waals surface area contributed by atoms with Gasteiger partial charge in [-0.25, -0.2) is 9.97 Å². The lowest BCUT2D eigenvalue weighted by Crippen LogP contribution is -2.38. The Morgan fingerprint density at radius 1 is 1.41 bits per heavy atom. The summed E-state index contributed by atoms with van der Waals surface area (Å²) in [7, 11) is 0. The maximum Gasteiger partial charge on any atom is 0.272 e. The molecule has 0 aliphatic carbocycles. The molecule has 2 aromatic heterocycles. The van der Waals surface area contributed by atoms with Crippen molar-refractivity contribution in [3.8, 4) is 0 Å². The molecule has 6 heteroatoms. The first-order chi connectivity index (χ1) is 10.5. The van der Waals surface area contributed by atoms with Crippen molar-refractivity contribution in [1.29, 1.82) is 0 Å². The maximum atomic E-state index is 12.7. The molecule has 1 saturated heterocycles. The molecule has 0 radical (unpaired) electrons. The first-order valence-electron chi connectivity index (χ1n) is 7.72. The lowest BCUT2D eigenvalue weighted by molar-refractivity contribution is 0.0605. The summed E-state index contributed by atoms with van der Waals surface area (Å²) in [4.78, 5) is 26.3. The van der Waals surface area contributed by atoms with Crippen LogP contribution in [0.5, 0.6) is 0 Å². The molecule has 22 heavy (non-hydrogen) atoms. The molecule has 1 N–H and O–H groups in total. The molecule has 118 valence electrons. The van der Waals surface area contributed by atoms with Gasteiger partial charge < -0.3 is 9.88 Å². The molecule has 0 aromatic carbocycles. The first-order valence-corrected chi connectivity index (χ1v) is 8.60. The van der Waals surface area contributed by atoms with Gasteiger partial charge >= 0.3 is 0 Å². The molecular weight excluding hydrogens is 296 g/mol. The fraction of sp³-hybridized carbons (Fsp3) is 0.562. The number of aromatic amines is 1. The Bertz CT molecular complexity index is 641. The van der Waals surface area contributed by atoms with Crippen molar-refractivity contribution in [3.05, 3.63) is 34.3 Å². The number of imidazole rings is 1. The zero-order valence-electron chi connectivity index (χ0n) is 13.3. The average molecular weight is 318 g/mol. The van der Waals surface area contributed by atoms with Gasteiger partial charge in [0.15, 0.2) is 0 Å². The van der Waals surface area contributed by atoms with Crippen LogP contribution in [0.2, 0.25) is 0 Å². The molecule has 5 nitrogen and oxygen atoms in total. The predicted octanol–water partition coefficient (Wildman–Crippen LogP) is 3.53. The average Bonchev–Trinajstić information content (AvgIpc) is 3.17. The van der Waals surface area contributed by atoms with Gasteiger partial charge in [-0.15, -0.1) is 11.3 Å². The number of nitrogens with one attached hydrogen (secondary N) is 1. The van der Waals surface area contributed by atoms with Crippen LogP contribution in [0.15, 0.2) is 17.9 Å². The van der Waals surface area contributed by atoms with E-state index >= 15 is 0 Å². The molecule has 0 unspecified atom stereocenters. The van der Waals surface area contributed by atoms with Crippen molar-refractivity contribution in [1.82, 2.24) is 19.9 Å². The molecule has 0 bridgehead atoms. The summed E-state index contributed by atoms with van der Waals surface area (Å²) < 4.78 is 0. The second kappa shape index (κ2) is 5.83. The Labute approximate surface area is 134 Å². The highest BCUT2D eigenvalue weighted by Gasteiger charge is 2.32. The standard InChI is InChI=1S/C16H22N4OS/c1-16(2,3)13-9-22-14(19-13)12-6-4-5-7-20(12)15(21)11-8-17-10-18-11/h8-10,12H,4-7H2,1-3H3,(H,17,18)/t12-/m1/s1. The van der Waals surface area contributed by atoms with E-state index in [2.05, 4.69) is 36.1 Å². The van der Waals surface area contributed by atoms with Crippen LogP contribution in [0, 0.1) is 0 Å². The minimum Gasteiger partial charge on any atom is -0.341 e. The number of aromatic nitrogens is 3. The zero-order chi connectivity index (χ0) is 15.7. The van der Waals surface area contributed by atoms with E-state index in [1.165, 1.54) is 0 Å². The Morgan fingerprint density at radius 3 is 2.86 bits per heavy atom. The van der Waals surface area contributed by atoms with Crippen molar-refractivity contribution in [2.24, 2.45) is 0 Å². The second-order valence-corrected chi connectivity index (χ2v) is 7.69. The van der Waals surface area contributed by atoms with Crippen LogP contribution >= 0.6 is 11.3 Å². The summed E-state index contributed by atoms with van der Waals surface area (Å²) in [5.74, 6) is 0.0229. The number of nitrogens with zero attached hydrogens (tertiary/aromatic N) is 3. The molecule has 3 rings (SSSR count). The smallest absolute Gasteiger partial charge is 0.272 e. The summed E-state index contributed by atoms with van der Waals surface area (Å²) in [6, 6.07) is 0.0886. The molecule has 0 spiro atoms. The van der Waals surface area contributed by atoms with Crippen LogP contribution in [0.3, 0.4) is 0 Å². The first kappa shape index (κ1) is 15.2. The number of thiazole rings is 1. The van der Waals surface area contributed by atoms with Crippen molar-refractivity contribution in [3.63, 3.8) is 0 Å². The number of likely N-dealkylation sites (tertiary alicyclic amines) is 1. The van der Waals surface area contributed by atoms with Gasteiger partial charge in [-0.3, -0.25) is 4.79 Å². The van der Waals surface area contributed by atoms with Crippen molar-refractivity contribution in [2.75, 3.05) is 6.54 Å². The topological polar surface area (TPSA) is 61.9 Å². The number of amides is 1. The third kappa shape index (κ3) is 2.92. The molecule has 1 amide bonds. The van der Waals surface area contributed by atoms with E-state index in [9.17, 15) is 4.79 Å². The monoisotopic (exact) mass is 318 g/mol. The van der Waals surface area contributed by atoms with E-state index in [0.717, 1.165) is 36.5 Å². The number of rotatable bonds is 2. The van der Waals surface area contributed by atoms with Gasteiger partial charge in [-0.2, -0.15) is 0 Å². The molecule has 1 fully saturated rings. The molecule has 1 aliphatic rings. The van der Waals surface area contributed by atoms with Crippen LogP contribution in [0.1, 0.15) is 67.3 Å². The number of hydrogen-bond acceptors (Lipinski definition) is 4. The van der Waals surface area contributed by atoms with E-state index in [1.807, 2.05) is 4.90 Å². The maximum absolute atomic E-state index is 12.7.